The molecule has 1 unspecified atom stereocenters. The second kappa shape index (κ2) is 5.03. The molecule has 0 spiro atoms. The van der Waals surface area contributed by atoms with Crippen LogP contribution in [0.5, 0.6) is 0 Å². The van der Waals surface area contributed by atoms with E-state index in [0.717, 1.165) is 17.5 Å². The fraction of sp³-hybridized carbons (Fsp3) is 0.143. The largest absolute Gasteiger partial charge is 0.398 e. The highest BCUT2D eigenvalue weighted by Gasteiger charge is 2.23. The average molecular weight is 285 g/mol. The van der Waals surface area contributed by atoms with Crippen molar-refractivity contribution in [3.63, 3.8) is 0 Å². The van der Waals surface area contributed by atoms with Gasteiger partial charge in [-0.2, -0.15) is 0 Å². The molecule has 0 radical (unpaired) electrons. The predicted octanol–water partition coefficient (Wildman–Crippen LogP) is 5.61. The number of fused-ring (bicyclic) bond motifs is 2. The van der Waals surface area contributed by atoms with E-state index >= 15 is 0 Å². The van der Waals surface area contributed by atoms with Crippen LogP contribution in [0, 0.1) is 0 Å². The van der Waals surface area contributed by atoms with Crippen molar-refractivity contribution in [1.29, 1.82) is 0 Å². The van der Waals surface area contributed by atoms with Gasteiger partial charge in [-0.25, -0.2) is 0 Å². The molecule has 4 rings (SSSR count). The van der Waals surface area contributed by atoms with Crippen molar-refractivity contribution in [1.82, 2.24) is 0 Å². The van der Waals surface area contributed by atoms with Gasteiger partial charge in [0.15, 0.2) is 0 Å². The normalized spacial score (nSPS) is 16.7. The van der Waals surface area contributed by atoms with Crippen LogP contribution in [0.4, 0.5) is 5.69 Å². The van der Waals surface area contributed by atoms with Gasteiger partial charge in [0.1, 0.15) is 0 Å². The van der Waals surface area contributed by atoms with Crippen LogP contribution in [0.3, 0.4) is 0 Å². The number of hydrogen-bond donors (Lipinski definition) is 1. The van der Waals surface area contributed by atoms with Gasteiger partial charge in [0.2, 0.25) is 0 Å². The summed E-state index contributed by atoms with van der Waals surface area (Å²) in [6, 6.07) is 19.2. The summed E-state index contributed by atoms with van der Waals surface area (Å²) in [7, 11) is 0. The predicted molar refractivity (Wildman–Crippen MR) is 95.9 cm³/mol. The van der Waals surface area contributed by atoms with Crippen molar-refractivity contribution in [2.45, 2.75) is 19.3 Å². The average Bonchev–Trinajstić information content (AvgIpc) is 2.57. The van der Waals surface area contributed by atoms with Crippen LogP contribution in [0.1, 0.15) is 30.4 Å². The zero-order valence-corrected chi connectivity index (χ0v) is 12.7. The van der Waals surface area contributed by atoms with Gasteiger partial charge in [0.05, 0.1) is 0 Å². The van der Waals surface area contributed by atoms with E-state index in [9.17, 15) is 0 Å². The summed E-state index contributed by atoms with van der Waals surface area (Å²) >= 11 is 0. The first-order valence-corrected chi connectivity index (χ1v) is 7.83. The van der Waals surface area contributed by atoms with Gasteiger partial charge in [-0.15, -0.1) is 0 Å². The van der Waals surface area contributed by atoms with Crippen LogP contribution >= 0.6 is 0 Å². The van der Waals surface area contributed by atoms with Crippen molar-refractivity contribution in [3.8, 4) is 11.1 Å². The fourth-order valence-electron chi connectivity index (χ4n) is 3.62. The fourth-order valence-corrected chi connectivity index (χ4v) is 3.62. The van der Waals surface area contributed by atoms with Crippen molar-refractivity contribution >= 4 is 22.5 Å². The van der Waals surface area contributed by atoms with E-state index in [1.165, 1.54) is 27.6 Å². The highest BCUT2D eigenvalue weighted by Crippen LogP contribution is 2.45. The Labute approximate surface area is 131 Å². The first kappa shape index (κ1) is 13.1. The van der Waals surface area contributed by atoms with Gasteiger partial charge in [0, 0.05) is 16.6 Å². The van der Waals surface area contributed by atoms with Crippen LogP contribution in [-0.4, -0.2) is 0 Å². The number of benzene rings is 3. The maximum absolute atomic E-state index is 6.50. The molecule has 1 aliphatic carbocycles. The Hall–Kier alpha value is -2.54. The molecule has 22 heavy (non-hydrogen) atoms. The number of anilines is 1. The van der Waals surface area contributed by atoms with E-state index in [4.69, 9.17) is 5.73 Å². The van der Waals surface area contributed by atoms with Gasteiger partial charge >= 0.3 is 0 Å². The highest BCUT2D eigenvalue weighted by molar-refractivity contribution is 6.08. The van der Waals surface area contributed by atoms with Crippen molar-refractivity contribution in [2.75, 3.05) is 5.73 Å². The molecular weight excluding hydrogens is 266 g/mol. The lowest BCUT2D eigenvalue weighted by molar-refractivity contribution is 0.775. The zero-order chi connectivity index (χ0) is 15.1. The molecule has 0 fully saturated rings. The smallest absolute Gasteiger partial charge is 0.0470 e. The van der Waals surface area contributed by atoms with Crippen LogP contribution in [0.2, 0.25) is 0 Å². The van der Waals surface area contributed by atoms with E-state index in [-0.39, 0.29) is 0 Å². The van der Waals surface area contributed by atoms with Gasteiger partial charge < -0.3 is 5.73 Å². The molecule has 1 nitrogen and oxygen atoms in total. The first-order chi connectivity index (χ1) is 10.8. The Kier molecular flexibility index (Phi) is 3.00. The molecule has 0 aliphatic heterocycles. The molecular formula is C21H19N. The summed E-state index contributed by atoms with van der Waals surface area (Å²) in [4.78, 5) is 0. The molecule has 0 aromatic heterocycles. The molecule has 0 bridgehead atoms. The number of nitrogens with two attached hydrogens (primary N) is 1. The van der Waals surface area contributed by atoms with E-state index in [1.807, 2.05) is 0 Å². The minimum atomic E-state index is 0.488. The third-order valence-corrected chi connectivity index (χ3v) is 4.67. The second-order valence-corrected chi connectivity index (χ2v) is 6.07. The van der Waals surface area contributed by atoms with E-state index in [1.54, 1.807) is 0 Å². The lowest BCUT2D eigenvalue weighted by Crippen LogP contribution is -2.07. The van der Waals surface area contributed by atoms with Crippen LogP contribution < -0.4 is 5.73 Å². The monoisotopic (exact) mass is 285 g/mol. The maximum atomic E-state index is 6.50. The minimum Gasteiger partial charge on any atom is -0.398 e. The lowest BCUT2D eigenvalue weighted by atomic mass is 9.79. The molecule has 108 valence electrons. The molecule has 0 heterocycles. The molecule has 1 atom stereocenters. The van der Waals surface area contributed by atoms with Crippen molar-refractivity contribution < 1.29 is 0 Å². The summed E-state index contributed by atoms with van der Waals surface area (Å²) in [5.41, 5.74) is 12.6. The summed E-state index contributed by atoms with van der Waals surface area (Å²) in [6.07, 6.45) is 5.51. The Balaban J connectivity index is 2.21. The molecule has 2 N–H and O–H groups in total. The van der Waals surface area contributed by atoms with E-state index in [0.29, 0.717) is 5.92 Å². The highest BCUT2D eigenvalue weighted by atomic mass is 14.6. The van der Waals surface area contributed by atoms with Crippen LogP contribution in [-0.2, 0) is 0 Å². The molecule has 3 aromatic rings. The van der Waals surface area contributed by atoms with E-state index in [2.05, 4.69) is 73.7 Å². The SMILES string of the molecule is CC1CC=Cc2c1c(-c1ccccc1)c1ccccc1c2N. The standard InChI is InChI=1S/C21H19N/c1-14-8-7-13-18-19(14)20(15-9-3-2-4-10-15)16-11-5-6-12-17(16)21(18)22/h2-7,9-14H,8,22H2,1H3. The molecule has 1 heteroatoms. The second-order valence-electron chi connectivity index (χ2n) is 6.07. The Morgan fingerprint density at radius 3 is 2.36 bits per heavy atom. The summed E-state index contributed by atoms with van der Waals surface area (Å²) in [5, 5.41) is 2.41. The van der Waals surface area contributed by atoms with Gasteiger partial charge in [-0.3, -0.25) is 0 Å². The molecule has 3 aromatic carbocycles. The van der Waals surface area contributed by atoms with Crippen molar-refractivity contribution in [3.05, 3.63) is 71.8 Å². The van der Waals surface area contributed by atoms with Gasteiger partial charge in [-0.05, 0) is 34.4 Å². The van der Waals surface area contributed by atoms with Gasteiger partial charge in [0.25, 0.3) is 0 Å². The van der Waals surface area contributed by atoms with E-state index < -0.39 is 0 Å². The molecule has 0 saturated heterocycles. The van der Waals surface area contributed by atoms with Gasteiger partial charge in [-0.1, -0.05) is 73.7 Å². The Bertz CT molecular complexity index is 875. The zero-order valence-electron chi connectivity index (χ0n) is 12.7. The first-order valence-electron chi connectivity index (χ1n) is 7.83. The molecule has 1 aliphatic rings. The van der Waals surface area contributed by atoms with Crippen LogP contribution in [0.15, 0.2) is 60.7 Å². The molecule has 0 amide bonds. The molecule has 0 saturated carbocycles. The minimum absolute atomic E-state index is 0.488. The van der Waals surface area contributed by atoms with Crippen LogP contribution in [0.25, 0.3) is 28.0 Å². The maximum Gasteiger partial charge on any atom is 0.0470 e. The number of rotatable bonds is 1. The Morgan fingerprint density at radius 1 is 0.909 bits per heavy atom. The number of allylic oxidation sites excluding steroid dienone is 1. The number of nitrogen functional groups attached to an aromatic ring is 1. The lowest BCUT2D eigenvalue weighted by Gasteiger charge is -2.26. The third-order valence-electron chi connectivity index (χ3n) is 4.67. The topological polar surface area (TPSA) is 26.0 Å². The third kappa shape index (κ3) is 1.86. The Morgan fingerprint density at radius 2 is 1.59 bits per heavy atom. The summed E-state index contributed by atoms with van der Waals surface area (Å²) < 4.78 is 0. The summed E-state index contributed by atoms with van der Waals surface area (Å²) in [6.45, 7) is 2.29. The van der Waals surface area contributed by atoms with Crippen molar-refractivity contribution in [2.24, 2.45) is 0 Å². The summed E-state index contributed by atoms with van der Waals surface area (Å²) in [5.74, 6) is 0.488. The quantitative estimate of drug-likeness (QED) is 0.578. The number of hydrogen-bond acceptors (Lipinski definition) is 1.